The van der Waals surface area contributed by atoms with E-state index < -0.39 is 11.7 Å². The van der Waals surface area contributed by atoms with Crippen LogP contribution in [0, 0.1) is 5.82 Å². The van der Waals surface area contributed by atoms with Crippen LogP contribution in [-0.2, 0) is 4.74 Å². The van der Waals surface area contributed by atoms with Gasteiger partial charge in [-0.2, -0.15) is 0 Å². The van der Waals surface area contributed by atoms with Crippen LogP contribution >= 0.6 is 27.5 Å². The molecular formula is C12H14BrClFNO2. The Morgan fingerprint density at radius 1 is 1.61 bits per heavy atom. The first-order chi connectivity index (χ1) is 8.60. The van der Waals surface area contributed by atoms with Crippen LogP contribution in [0.1, 0.15) is 16.8 Å². The molecule has 1 aromatic carbocycles. The summed E-state index contributed by atoms with van der Waals surface area (Å²) in [6.07, 6.45) is 0.686. The predicted octanol–water partition coefficient (Wildman–Crippen LogP) is 3.01. The number of nitrogens with one attached hydrogen (secondary N) is 1. The molecule has 1 N–H and O–H groups in total. The van der Waals surface area contributed by atoms with E-state index in [2.05, 4.69) is 21.2 Å². The molecule has 0 aliphatic rings. The van der Waals surface area contributed by atoms with Gasteiger partial charge in [0.2, 0.25) is 0 Å². The van der Waals surface area contributed by atoms with Gasteiger partial charge in [0.1, 0.15) is 5.82 Å². The van der Waals surface area contributed by atoms with E-state index in [0.717, 1.165) is 0 Å². The molecule has 1 atom stereocenters. The molecule has 100 valence electrons. The van der Waals surface area contributed by atoms with Crippen LogP contribution in [0.2, 0.25) is 5.02 Å². The topological polar surface area (TPSA) is 38.3 Å². The Hall–Kier alpha value is -0.650. The maximum absolute atomic E-state index is 13.5. The molecule has 1 unspecified atom stereocenters. The summed E-state index contributed by atoms with van der Waals surface area (Å²) in [4.78, 5) is 11.9. The van der Waals surface area contributed by atoms with Crippen LogP contribution in [0.5, 0.6) is 0 Å². The summed E-state index contributed by atoms with van der Waals surface area (Å²) in [5, 5.41) is 3.51. The standard InChI is InChI=1S/C12H14BrClFNO2/c1-18-7-8(5-6-13)16-12(17)11-9(14)3-2-4-10(11)15/h2-4,8H,5-7H2,1H3,(H,16,17). The lowest BCUT2D eigenvalue weighted by atomic mass is 10.1. The maximum atomic E-state index is 13.5. The first-order valence-corrected chi connectivity index (χ1v) is 6.89. The first kappa shape index (κ1) is 15.4. The van der Waals surface area contributed by atoms with E-state index in [1.165, 1.54) is 18.2 Å². The van der Waals surface area contributed by atoms with Gasteiger partial charge in [0.25, 0.3) is 5.91 Å². The second-order valence-corrected chi connectivity index (χ2v) is 4.90. The van der Waals surface area contributed by atoms with Crippen LogP contribution in [0.15, 0.2) is 18.2 Å². The van der Waals surface area contributed by atoms with Gasteiger partial charge < -0.3 is 10.1 Å². The van der Waals surface area contributed by atoms with Crippen molar-refractivity contribution in [3.05, 3.63) is 34.6 Å². The second kappa shape index (κ2) is 7.71. The molecule has 0 spiro atoms. The Balaban J connectivity index is 2.80. The number of methoxy groups -OCH3 is 1. The summed E-state index contributed by atoms with van der Waals surface area (Å²) in [5.41, 5.74) is -0.130. The largest absolute Gasteiger partial charge is 0.383 e. The second-order valence-electron chi connectivity index (χ2n) is 3.70. The molecule has 0 aliphatic heterocycles. The first-order valence-electron chi connectivity index (χ1n) is 5.40. The maximum Gasteiger partial charge on any atom is 0.256 e. The van der Waals surface area contributed by atoms with Gasteiger partial charge >= 0.3 is 0 Å². The van der Waals surface area contributed by atoms with Crippen molar-refractivity contribution in [2.24, 2.45) is 0 Å². The number of amides is 1. The van der Waals surface area contributed by atoms with Crippen molar-refractivity contribution in [2.45, 2.75) is 12.5 Å². The molecule has 0 heterocycles. The highest BCUT2D eigenvalue weighted by molar-refractivity contribution is 9.09. The third kappa shape index (κ3) is 4.23. The van der Waals surface area contributed by atoms with E-state index in [0.29, 0.717) is 18.4 Å². The number of halogens is 3. The summed E-state index contributed by atoms with van der Waals surface area (Å²) >= 11 is 9.11. The van der Waals surface area contributed by atoms with Crippen molar-refractivity contribution in [3.8, 4) is 0 Å². The van der Waals surface area contributed by atoms with Gasteiger partial charge in [-0.3, -0.25) is 4.79 Å². The Morgan fingerprint density at radius 3 is 2.89 bits per heavy atom. The van der Waals surface area contributed by atoms with E-state index >= 15 is 0 Å². The van der Waals surface area contributed by atoms with Crippen molar-refractivity contribution in [1.29, 1.82) is 0 Å². The molecule has 0 fully saturated rings. The molecule has 0 bridgehead atoms. The smallest absolute Gasteiger partial charge is 0.256 e. The number of hydrogen-bond donors (Lipinski definition) is 1. The normalized spacial score (nSPS) is 12.2. The summed E-state index contributed by atoms with van der Waals surface area (Å²) in [7, 11) is 1.55. The fourth-order valence-electron chi connectivity index (χ4n) is 1.50. The minimum absolute atomic E-state index is 0.0995. The van der Waals surface area contributed by atoms with Crippen LogP contribution in [0.25, 0.3) is 0 Å². The molecule has 1 amide bonds. The average molecular weight is 339 g/mol. The minimum Gasteiger partial charge on any atom is -0.383 e. The third-order valence-electron chi connectivity index (χ3n) is 2.35. The quantitative estimate of drug-likeness (QED) is 0.810. The van der Waals surface area contributed by atoms with E-state index in [4.69, 9.17) is 16.3 Å². The van der Waals surface area contributed by atoms with Crippen LogP contribution < -0.4 is 5.32 Å². The fraction of sp³-hybridized carbons (Fsp3) is 0.417. The van der Waals surface area contributed by atoms with E-state index in [1.54, 1.807) is 7.11 Å². The molecular weight excluding hydrogens is 324 g/mol. The summed E-state index contributed by atoms with van der Waals surface area (Å²) in [5.74, 6) is -1.16. The SMILES string of the molecule is COCC(CCBr)NC(=O)c1c(F)cccc1Cl. The third-order valence-corrected chi connectivity index (χ3v) is 3.12. The molecule has 0 aromatic heterocycles. The number of ether oxygens (including phenoxy) is 1. The zero-order chi connectivity index (χ0) is 13.5. The summed E-state index contributed by atoms with van der Waals surface area (Å²) in [6, 6.07) is 3.96. The number of carbonyl (C=O) groups excluding carboxylic acids is 1. The number of hydrogen-bond acceptors (Lipinski definition) is 2. The van der Waals surface area contributed by atoms with Crippen molar-refractivity contribution in [3.63, 3.8) is 0 Å². The Bertz CT molecular complexity index is 391. The summed E-state index contributed by atoms with van der Waals surface area (Å²) < 4.78 is 18.5. The van der Waals surface area contributed by atoms with Crippen LogP contribution in [-0.4, -0.2) is 31.0 Å². The molecule has 0 radical (unpaired) electrons. The lowest BCUT2D eigenvalue weighted by Gasteiger charge is -2.17. The van der Waals surface area contributed by atoms with Gasteiger partial charge in [0.15, 0.2) is 0 Å². The van der Waals surface area contributed by atoms with Gasteiger partial charge in [-0.25, -0.2) is 4.39 Å². The van der Waals surface area contributed by atoms with Gasteiger partial charge in [0, 0.05) is 12.4 Å². The predicted molar refractivity (Wildman–Crippen MR) is 73.0 cm³/mol. The van der Waals surface area contributed by atoms with Crippen LogP contribution in [0.3, 0.4) is 0 Å². The Kier molecular flexibility index (Phi) is 6.60. The molecule has 0 saturated carbocycles. The lowest BCUT2D eigenvalue weighted by Crippen LogP contribution is -2.38. The van der Waals surface area contributed by atoms with Crippen molar-refractivity contribution in [2.75, 3.05) is 19.0 Å². The van der Waals surface area contributed by atoms with Crippen molar-refractivity contribution >= 4 is 33.4 Å². The van der Waals surface area contributed by atoms with E-state index in [-0.39, 0.29) is 16.6 Å². The molecule has 0 saturated heterocycles. The highest BCUT2D eigenvalue weighted by Crippen LogP contribution is 2.19. The summed E-state index contributed by atoms with van der Waals surface area (Å²) in [6.45, 7) is 0.364. The Morgan fingerprint density at radius 2 is 2.33 bits per heavy atom. The number of carbonyl (C=O) groups is 1. The van der Waals surface area contributed by atoms with Gasteiger partial charge in [-0.05, 0) is 18.6 Å². The zero-order valence-electron chi connectivity index (χ0n) is 9.88. The fourth-order valence-corrected chi connectivity index (χ4v) is 2.30. The highest BCUT2D eigenvalue weighted by Gasteiger charge is 2.19. The van der Waals surface area contributed by atoms with E-state index in [1.807, 2.05) is 0 Å². The lowest BCUT2D eigenvalue weighted by molar-refractivity contribution is 0.0891. The molecule has 3 nitrogen and oxygen atoms in total. The molecule has 1 aromatic rings. The average Bonchev–Trinajstić information content (AvgIpc) is 2.29. The highest BCUT2D eigenvalue weighted by atomic mass is 79.9. The van der Waals surface area contributed by atoms with Crippen molar-refractivity contribution in [1.82, 2.24) is 5.32 Å². The molecule has 0 aliphatic carbocycles. The monoisotopic (exact) mass is 337 g/mol. The van der Waals surface area contributed by atoms with E-state index in [9.17, 15) is 9.18 Å². The molecule has 18 heavy (non-hydrogen) atoms. The molecule has 6 heteroatoms. The van der Waals surface area contributed by atoms with Gasteiger partial charge in [0.05, 0.1) is 23.2 Å². The van der Waals surface area contributed by atoms with Gasteiger partial charge in [-0.15, -0.1) is 0 Å². The minimum atomic E-state index is -0.630. The van der Waals surface area contributed by atoms with Crippen LogP contribution in [0.4, 0.5) is 4.39 Å². The molecule has 1 rings (SSSR count). The number of rotatable bonds is 6. The number of alkyl halides is 1. The zero-order valence-corrected chi connectivity index (χ0v) is 12.2. The van der Waals surface area contributed by atoms with Gasteiger partial charge in [-0.1, -0.05) is 33.6 Å². The number of benzene rings is 1. The van der Waals surface area contributed by atoms with Crippen molar-refractivity contribution < 1.29 is 13.9 Å². The Labute approximate surface area is 119 Å².